The van der Waals surface area contributed by atoms with E-state index in [0.29, 0.717) is 63.6 Å². The van der Waals surface area contributed by atoms with Crippen LogP contribution in [-0.2, 0) is 4.79 Å². The molecule has 5 rings (SSSR count). The molecule has 1 atom stereocenters. The molecule has 0 N–H and O–H groups in total. The van der Waals surface area contributed by atoms with Crippen LogP contribution >= 0.6 is 23.2 Å². The molecule has 7 nitrogen and oxygen atoms in total. The average molecular weight is 600 g/mol. The summed E-state index contributed by atoms with van der Waals surface area (Å²) >= 11 is 12.6. The molecule has 0 fully saturated rings. The molecule has 1 unspecified atom stereocenters. The van der Waals surface area contributed by atoms with Crippen molar-refractivity contribution in [3.8, 4) is 28.7 Å². The number of carbonyl (C=O) groups excluding carboxylic acids is 2. The summed E-state index contributed by atoms with van der Waals surface area (Å²) in [4.78, 5) is 26.6. The Morgan fingerprint density at radius 2 is 1.61 bits per heavy atom. The first-order valence-electron chi connectivity index (χ1n) is 12.6. The van der Waals surface area contributed by atoms with Crippen molar-refractivity contribution in [2.75, 3.05) is 18.1 Å². The summed E-state index contributed by atoms with van der Waals surface area (Å²) in [6.45, 7) is 2.52. The minimum atomic E-state index is -1.17. The first-order valence-corrected chi connectivity index (χ1v) is 13.4. The molecule has 0 aromatic heterocycles. The number of para-hydroxylation sites is 1. The van der Waals surface area contributed by atoms with Crippen LogP contribution in [-0.4, -0.2) is 25.0 Å². The molecule has 0 radical (unpaired) electrons. The number of carbonyl (C=O) groups is 2. The number of halogens is 2. The fourth-order valence-corrected chi connectivity index (χ4v) is 4.87. The molecule has 10 heteroatoms. The molecular weight excluding hydrogens is 576 g/mol. The van der Waals surface area contributed by atoms with Gasteiger partial charge in [-0.3, -0.25) is 4.79 Å². The smallest absolute Gasteiger partial charge is 0.549 e. The van der Waals surface area contributed by atoms with Crippen molar-refractivity contribution in [3.05, 3.63) is 106 Å². The maximum absolute atomic E-state index is 13.5. The second-order valence-electron chi connectivity index (χ2n) is 9.03. The summed E-state index contributed by atoms with van der Waals surface area (Å²) in [6.07, 6.45) is 0.312. The van der Waals surface area contributed by atoms with Crippen molar-refractivity contribution in [1.29, 1.82) is 0 Å². The van der Waals surface area contributed by atoms with E-state index in [1.807, 2.05) is 37.3 Å². The quantitative estimate of drug-likeness (QED) is 0.286. The molecule has 0 saturated carbocycles. The van der Waals surface area contributed by atoms with Crippen LogP contribution in [0.1, 0.15) is 35.2 Å². The normalized spacial score (nSPS) is 13.7. The van der Waals surface area contributed by atoms with Gasteiger partial charge in [-0.05, 0) is 67.9 Å². The molecular formula is C31H24Cl2NNaO6. The van der Waals surface area contributed by atoms with Crippen LogP contribution in [0.2, 0.25) is 10.0 Å². The molecule has 0 spiro atoms. The van der Waals surface area contributed by atoms with E-state index in [0.717, 1.165) is 0 Å². The van der Waals surface area contributed by atoms with Crippen molar-refractivity contribution >= 4 is 40.8 Å². The van der Waals surface area contributed by atoms with Gasteiger partial charge < -0.3 is 29.0 Å². The number of carboxylic acids is 1. The Balaban J connectivity index is 0.00000387. The van der Waals surface area contributed by atoms with E-state index in [2.05, 4.69) is 0 Å². The molecule has 0 saturated heterocycles. The molecule has 0 aliphatic carbocycles. The summed E-state index contributed by atoms with van der Waals surface area (Å²) < 4.78 is 17.6. The van der Waals surface area contributed by atoms with Crippen LogP contribution in [0.5, 0.6) is 28.7 Å². The van der Waals surface area contributed by atoms with Crippen LogP contribution < -0.4 is 53.8 Å². The number of carboxylic acid groups (broad SMARTS) is 1. The molecule has 4 aromatic carbocycles. The van der Waals surface area contributed by atoms with Gasteiger partial charge in [-0.2, -0.15) is 0 Å². The van der Waals surface area contributed by atoms with E-state index < -0.39 is 11.9 Å². The SMILES string of the molecule is CCN(C(=O)c1ccc(Oc2cc3c(cc2Cl)C(C(=O)[O-])CCO3)cc1)c1ccc(Cl)cc1Oc1ccccc1.[Na+]. The Morgan fingerprint density at radius 1 is 0.927 bits per heavy atom. The van der Waals surface area contributed by atoms with E-state index in [9.17, 15) is 14.7 Å². The van der Waals surface area contributed by atoms with Gasteiger partial charge in [0, 0.05) is 46.7 Å². The van der Waals surface area contributed by atoms with Crippen molar-refractivity contribution in [3.63, 3.8) is 0 Å². The Bertz CT molecular complexity index is 1550. The van der Waals surface area contributed by atoms with Gasteiger partial charge in [0.25, 0.3) is 5.91 Å². The summed E-state index contributed by atoms with van der Waals surface area (Å²) in [6, 6.07) is 24.1. The number of benzene rings is 4. The van der Waals surface area contributed by atoms with Gasteiger partial charge in [-0.1, -0.05) is 41.4 Å². The summed E-state index contributed by atoms with van der Waals surface area (Å²) in [5.74, 6) is 0.0150. The number of aliphatic carboxylic acids is 1. The fraction of sp³-hybridized carbons (Fsp3) is 0.161. The third kappa shape index (κ3) is 7.00. The van der Waals surface area contributed by atoms with E-state index in [1.165, 1.54) is 6.07 Å². The first kappa shape index (κ1) is 30.8. The zero-order valence-corrected chi connectivity index (χ0v) is 25.9. The number of rotatable bonds is 8. The Hall–Kier alpha value is -3.20. The second kappa shape index (κ2) is 13.6. The predicted octanol–water partition coefficient (Wildman–Crippen LogP) is 3.86. The number of fused-ring (bicyclic) bond motifs is 1. The van der Waals surface area contributed by atoms with Crippen molar-refractivity contribution in [1.82, 2.24) is 0 Å². The number of hydrogen-bond acceptors (Lipinski definition) is 6. The number of anilines is 1. The van der Waals surface area contributed by atoms with Crippen LogP contribution in [0.25, 0.3) is 0 Å². The van der Waals surface area contributed by atoms with Crippen molar-refractivity contribution in [2.24, 2.45) is 0 Å². The number of nitrogens with zero attached hydrogens (tertiary/aromatic N) is 1. The molecule has 41 heavy (non-hydrogen) atoms. The molecule has 1 heterocycles. The third-order valence-corrected chi connectivity index (χ3v) is 6.99. The van der Waals surface area contributed by atoms with E-state index in [4.69, 9.17) is 37.4 Å². The summed E-state index contributed by atoms with van der Waals surface area (Å²) in [7, 11) is 0. The fourth-order valence-electron chi connectivity index (χ4n) is 4.49. The van der Waals surface area contributed by atoms with Crippen LogP contribution in [0.3, 0.4) is 0 Å². The van der Waals surface area contributed by atoms with Crippen LogP contribution in [0.4, 0.5) is 5.69 Å². The number of ether oxygens (including phenoxy) is 3. The van der Waals surface area contributed by atoms with Gasteiger partial charge in [-0.25, -0.2) is 0 Å². The average Bonchev–Trinajstić information content (AvgIpc) is 2.95. The van der Waals surface area contributed by atoms with Gasteiger partial charge >= 0.3 is 29.6 Å². The zero-order valence-electron chi connectivity index (χ0n) is 22.4. The van der Waals surface area contributed by atoms with Gasteiger partial charge in [0.15, 0.2) is 5.75 Å². The molecule has 4 aromatic rings. The van der Waals surface area contributed by atoms with Crippen molar-refractivity contribution in [2.45, 2.75) is 19.3 Å². The Morgan fingerprint density at radius 3 is 2.29 bits per heavy atom. The minimum absolute atomic E-state index is 0. The van der Waals surface area contributed by atoms with E-state index >= 15 is 0 Å². The first-order chi connectivity index (χ1) is 19.3. The van der Waals surface area contributed by atoms with Gasteiger partial charge in [-0.15, -0.1) is 0 Å². The Labute approximate surface area is 269 Å². The largest absolute Gasteiger partial charge is 1.00 e. The topological polar surface area (TPSA) is 88.1 Å². The summed E-state index contributed by atoms with van der Waals surface area (Å²) in [5, 5.41) is 12.2. The van der Waals surface area contributed by atoms with Crippen molar-refractivity contribution < 1.29 is 58.5 Å². The number of hydrogen-bond donors (Lipinski definition) is 0. The number of amides is 1. The maximum atomic E-state index is 13.5. The second-order valence-corrected chi connectivity index (χ2v) is 9.88. The monoisotopic (exact) mass is 599 g/mol. The Kier molecular flexibility index (Phi) is 10.2. The standard InChI is InChI=1S/C31H25Cl2NO6.Na/c1-2-34(26-13-10-20(32)16-29(26)40-21-6-4-3-5-7-21)30(35)19-8-11-22(12-9-19)39-28-18-27-24(17-25(28)33)23(31(36)37)14-15-38-27;/h3-13,16-18,23H,2,14-15H2,1H3,(H,36,37);/q;+1/p-1. The predicted molar refractivity (Wildman–Crippen MR) is 151 cm³/mol. The maximum Gasteiger partial charge on any atom is 1.00 e. The molecule has 1 aliphatic rings. The van der Waals surface area contributed by atoms with Crippen LogP contribution in [0.15, 0.2) is 84.9 Å². The minimum Gasteiger partial charge on any atom is -0.549 e. The van der Waals surface area contributed by atoms with E-state index in [-0.39, 0.29) is 47.1 Å². The van der Waals surface area contributed by atoms with Gasteiger partial charge in [0.05, 0.1) is 17.3 Å². The molecule has 1 amide bonds. The zero-order chi connectivity index (χ0) is 28.2. The molecule has 0 bridgehead atoms. The molecule has 204 valence electrons. The van der Waals surface area contributed by atoms with Gasteiger partial charge in [0.2, 0.25) is 0 Å². The van der Waals surface area contributed by atoms with Crippen LogP contribution in [0, 0.1) is 0 Å². The summed E-state index contributed by atoms with van der Waals surface area (Å²) in [5.41, 5.74) is 1.48. The van der Waals surface area contributed by atoms with Gasteiger partial charge in [0.1, 0.15) is 23.0 Å². The molecule has 1 aliphatic heterocycles. The third-order valence-electron chi connectivity index (χ3n) is 6.46. The van der Waals surface area contributed by atoms with E-state index in [1.54, 1.807) is 53.4 Å².